The van der Waals surface area contributed by atoms with E-state index < -0.39 is 0 Å². The van der Waals surface area contributed by atoms with Gasteiger partial charge in [0, 0.05) is 12.2 Å². The maximum atomic E-state index is 5.44. The van der Waals surface area contributed by atoms with Crippen molar-refractivity contribution in [2.24, 2.45) is 0 Å². The van der Waals surface area contributed by atoms with Crippen LogP contribution in [0.2, 0.25) is 0 Å². The van der Waals surface area contributed by atoms with Gasteiger partial charge in [-0.2, -0.15) is 5.10 Å². The Morgan fingerprint density at radius 1 is 1.80 bits per heavy atom. The summed E-state index contributed by atoms with van der Waals surface area (Å²) in [5, 5.41) is 4.08. The highest BCUT2D eigenvalue weighted by atomic mass is 15.3. The number of nitrogens with zero attached hydrogens (tertiary/aromatic N) is 2. The van der Waals surface area contributed by atoms with Gasteiger partial charge >= 0.3 is 0 Å². The molecule has 1 atom stereocenters. The topological polar surface area (TPSA) is 43.8 Å². The normalized spacial score (nSPS) is 13.4. The Morgan fingerprint density at radius 3 is 2.90 bits per heavy atom. The van der Waals surface area contributed by atoms with E-state index in [4.69, 9.17) is 5.73 Å². The largest absolute Gasteiger partial charge is 0.382 e. The molecule has 0 amide bonds. The molecule has 0 spiro atoms. The van der Waals surface area contributed by atoms with E-state index in [0.29, 0.717) is 11.9 Å². The number of rotatable bonds is 2. The standard InChI is InChI=1S/C7H13N3/c1-3-6(2)10-5-4-7(8)9-10/h4-6H,3H2,1-2H3,(H2,8,9). The summed E-state index contributed by atoms with van der Waals surface area (Å²) < 4.78 is 1.88. The van der Waals surface area contributed by atoms with E-state index >= 15 is 0 Å². The predicted molar refractivity (Wildman–Crippen MR) is 41.6 cm³/mol. The average Bonchev–Trinajstić information content (AvgIpc) is 2.34. The molecule has 0 aliphatic carbocycles. The van der Waals surface area contributed by atoms with Crippen molar-refractivity contribution >= 4 is 5.82 Å². The number of nitrogen functional groups attached to an aromatic ring is 1. The monoisotopic (exact) mass is 139 g/mol. The summed E-state index contributed by atoms with van der Waals surface area (Å²) in [6, 6.07) is 2.27. The lowest BCUT2D eigenvalue weighted by Gasteiger charge is -2.07. The molecule has 56 valence electrons. The van der Waals surface area contributed by atoms with E-state index in [1.807, 2.05) is 16.9 Å². The van der Waals surface area contributed by atoms with Crippen LogP contribution in [-0.4, -0.2) is 9.78 Å². The van der Waals surface area contributed by atoms with Gasteiger partial charge in [0.1, 0.15) is 5.82 Å². The minimum Gasteiger partial charge on any atom is -0.382 e. The number of hydrogen-bond donors (Lipinski definition) is 1. The lowest BCUT2D eigenvalue weighted by atomic mass is 10.3. The third-order valence-electron chi connectivity index (χ3n) is 1.67. The van der Waals surface area contributed by atoms with Gasteiger partial charge in [0.25, 0.3) is 0 Å². The maximum Gasteiger partial charge on any atom is 0.145 e. The zero-order chi connectivity index (χ0) is 7.56. The summed E-state index contributed by atoms with van der Waals surface area (Å²) in [5.74, 6) is 0.598. The summed E-state index contributed by atoms with van der Waals surface area (Å²) in [7, 11) is 0. The Bertz CT molecular complexity index is 204. The van der Waals surface area contributed by atoms with E-state index in [2.05, 4.69) is 18.9 Å². The zero-order valence-corrected chi connectivity index (χ0v) is 6.41. The maximum absolute atomic E-state index is 5.44. The Kier molecular flexibility index (Phi) is 1.94. The van der Waals surface area contributed by atoms with Crippen LogP contribution in [0.15, 0.2) is 12.3 Å². The molecule has 0 bridgehead atoms. The van der Waals surface area contributed by atoms with E-state index in [-0.39, 0.29) is 0 Å². The molecule has 10 heavy (non-hydrogen) atoms. The number of hydrogen-bond acceptors (Lipinski definition) is 2. The highest BCUT2D eigenvalue weighted by Gasteiger charge is 2.00. The number of anilines is 1. The van der Waals surface area contributed by atoms with Gasteiger partial charge < -0.3 is 5.73 Å². The fourth-order valence-corrected chi connectivity index (χ4v) is 0.785. The number of aromatic nitrogens is 2. The molecule has 1 aromatic rings. The zero-order valence-electron chi connectivity index (χ0n) is 6.41. The molecule has 0 aliphatic heterocycles. The van der Waals surface area contributed by atoms with Crippen LogP contribution in [-0.2, 0) is 0 Å². The van der Waals surface area contributed by atoms with Crippen LogP contribution in [0.25, 0.3) is 0 Å². The van der Waals surface area contributed by atoms with Gasteiger partial charge in [0.05, 0.1) is 0 Å². The molecule has 0 fully saturated rings. The highest BCUT2D eigenvalue weighted by Crippen LogP contribution is 2.09. The van der Waals surface area contributed by atoms with Crippen LogP contribution in [0.1, 0.15) is 26.3 Å². The molecule has 1 heterocycles. The second-order valence-corrected chi connectivity index (χ2v) is 2.48. The van der Waals surface area contributed by atoms with E-state index in [9.17, 15) is 0 Å². The smallest absolute Gasteiger partial charge is 0.145 e. The predicted octanol–water partition coefficient (Wildman–Crippen LogP) is 1.44. The van der Waals surface area contributed by atoms with E-state index in [0.717, 1.165) is 6.42 Å². The van der Waals surface area contributed by atoms with Gasteiger partial charge in [-0.3, -0.25) is 4.68 Å². The second-order valence-electron chi connectivity index (χ2n) is 2.48. The molecule has 3 heteroatoms. The Hall–Kier alpha value is -0.990. The van der Waals surface area contributed by atoms with Crippen molar-refractivity contribution in [1.29, 1.82) is 0 Å². The highest BCUT2D eigenvalue weighted by molar-refractivity contribution is 5.23. The van der Waals surface area contributed by atoms with Crippen LogP contribution in [0.5, 0.6) is 0 Å². The van der Waals surface area contributed by atoms with Crippen LogP contribution in [0.3, 0.4) is 0 Å². The van der Waals surface area contributed by atoms with Crippen LogP contribution >= 0.6 is 0 Å². The first-order valence-corrected chi connectivity index (χ1v) is 3.54. The minimum atomic E-state index is 0.456. The molecule has 0 saturated heterocycles. The molecular weight excluding hydrogens is 126 g/mol. The Balaban J connectivity index is 2.74. The molecular formula is C7H13N3. The van der Waals surface area contributed by atoms with Gasteiger partial charge in [0.2, 0.25) is 0 Å². The van der Waals surface area contributed by atoms with Crippen LogP contribution in [0, 0.1) is 0 Å². The van der Waals surface area contributed by atoms with Gasteiger partial charge in [-0.25, -0.2) is 0 Å². The summed E-state index contributed by atoms with van der Waals surface area (Å²) in [4.78, 5) is 0. The third kappa shape index (κ3) is 1.29. The van der Waals surface area contributed by atoms with Crippen molar-refractivity contribution in [3.8, 4) is 0 Å². The summed E-state index contributed by atoms with van der Waals surface area (Å²) >= 11 is 0. The summed E-state index contributed by atoms with van der Waals surface area (Å²) in [5.41, 5.74) is 5.44. The van der Waals surface area contributed by atoms with Crippen molar-refractivity contribution in [3.63, 3.8) is 0 Å². The molecule has 1 rings (SSSR count). The van der Waals surface area contributed by atoms with Crippen molar-refractivity contribution < 1.29 is 0 Å². The average molecular weight is 139 g/mol. The third-order valence-corrected chi connectivity index (χ3v) is 1.67. The first-order valence-electron chi connectivity index (χ1n) is 3.54. The number of nitrogens with two attached hydrogens (primary N) is 1. The molecule has 0 aromatic carbocycles. The summed E-state index contributed by atoms with van der Waals surface area (Å²) in [6.45, 7) is 4.25. The first-order chi connectivity index (χ1) is 4.74. The van der Waals surface area contributed by atoms with Gasteiger partial charge in [-0.1, -0.05) is 6.92 Å². The minimum absolute atomic E-state index is 0.456. The summed E-state index contributed by atoms with van der Waals surface area (Å²) in [6.07, 6.45) is 2.99. The molecule has 3 nitrogen and oxygen atoms in total. The van der Waals surface area contributed by atoms with Gasteiger partial charge in [0.15, 0.2) is 0 Å². The first kappa shape index (κ1) is 7.12. The van der Waals surface area contributed by atoms with Crippen molar-refractivity contribution in [2.45, 2.75) is 26.3 Å². The van der Waals surface area contributed by atoms with Gasteiger partial charge in [-0.15, -0.1) is 0 Å². The molecule has 2 N–H and O–H groups in total. The van der Waals surface area contributed by atoms with Crippen molar-refractivity contribution in [3.05, 3.63) is 12.3 Å². The fraction of sp³-hybridized carbons (Fsp3) is 0.571. The Labute approximate surface area is 60.8 Å². The van der Waals surface area contributed by atoms with Crippen molar-refractivity contribution in [2.75, 3.05) is 5.73 Å². The molecule has 0 radical (unpaired) electrons. The van der Waals surface area contributed by atoms with Crippen LogP contribution in [0.4, 0.5) is 5.82 Å². The molecule has 1 unspecified atom stereocenters. The van der Waals surface area contributed by atoms with Crippen LogP contribution < -0.4 is 5.73 Å². The van der Waals surface area contributed by atoms with Crippen molar-refractivity contribution in [1.82, 2.24) is 9.78 Å². The molecule has 0 saturated carbocycles. The lowest BCUT2D eigenvalue weighted by molar-refractivity contribution is 0.479. The fourth-order valence-electron chi connectivity index (χ4n) is 0.785. The van der Waals surface area contributed by atoms with E-state index in [1.165, 1.54) is 0 Å². The second kappa shape index (κ2) is 2.73. The molecule has 1 aromatic heterocycles. The Morgan fingerprint density at radius 2 is 2.50 bits per heavy atom. The lowest BCUT2D eigenvalue weighted by Crippen LogP contribution is -2.04. The van der Waals surface area contributed by atoms with E-state index in [1.54, 1.807) is 0 Å². The SMILES string of the molecule is CCC(C)n1ccc(N)n1. The van der Waals surface area contributed by atoms with Gasteiger partial charge in [-0.05, 0) is 19.4 Å². The quantitative estimate of drug-likeness (QED) is 0.673. The molecule has 0 aliphatic rings.